The first-order chi connectivity index (χ1) is 8.55. The Balaban J connectivity index is 1.97. The Morgan fingerprint density at radius 3 is 2.78 bits per heavy atom. The summed E-state index contributed by atoms with van der Waals surface area (Å²) in [6.07, 6.45) is 1.31. The van der Waals surface area contributed by atoms with Gasteiger partial charge in [0, 0.05) is 31.3 Å². The van der Waals surface area contributed by atoms with Crippen LogP contribution in [0.3, 0.4) is 0 Å². The van der Waals surface area contributed by atoms with Crippen LogP contribution in [0.15, 0.2) is 27.4 Å². The lowest BCUT2D eigenvalue weighted by Crippen LogP contribution is -2.39. The molecule has 0 radical (unpaired) electrons. The summed E-state index contributed by atoms with van der Waals surface area (Å²) in [5.41, 5.74) is 0.656. The van der Waals surface area contributed by atoms with Crippen LogP contribution in [0.4, 0.5) is 14.6 Å². The van der Waals surface area contributed by atoms with Gasteiger partial charge in [-0.3, -0.25) is 0 Å². The fourth-order valence-corrected chi connectivity index (χ4v) is 2.60. The molecule has 18 heavy (non-hydrogen) atoms. The summed E-state index contributed by atoms with van der Waals surface area (Å²) in [4.78, 5) is 6.20. The largest absolute Gasteiger partial charge is 0.460 e. The molecule has 0 unspecified atom stereocenters. The lowest BCUT2D eigenvalue weighted by atomic mass is 10.1. The van der Waals surface area contributed by atoms with Crippen LogP contribution in [0.25, 0.3) is 11.0 Å². The molecule has 0 bridgehead atoms. The second-order valence-electron chi connectivity index (χ2n) is 4.45. The van der Waals surface area contributed by atoms with Gasteiger partial charge in [-0.15, -0.1) is 0 Å². The molecule has 2 aromatic heterocycles. The van der Waals surface area contributed by atoms with E-state index in [0.29, 0.717) is 29.1 Å². The third-order valence-corrected chi connectivity index (χ3v) is 3.59. The molecule has 1 aliphatic heterocycles. The number of nitrogens with zero attached hydrogens (tertiary/aromatic N) is 2. The van der Waals surface area contributed by atoms with Gasteiger partial charge in [0.15, 0.2) is 11.4 Å². The highest BCUT2D eigenvalue weighted by Crippen LogP contribution is 2.34. The monoisotopic (exact) mass is 316 g/mol. The Hall–Kier alpha value is -1.17. The van der Waals surface area contributed by atoms with Crippen LogP contribution in [-0.4, -0.2) is 24.0 Å². The number of rotatable bonds is 1. The number of fused-ring (bicyclic) bond motifs is 1. The Labute approximate surface area is 111 Å². The number of aromatic nitrogens is 1. The van der Waals surface area contributed by atoms with E-state index >= 15 is 0 Å². The molecular weight excluding hydrogens is 306 g/mol. The molecule has 0 aromatic carbocycles. The zero-order chi connectivity index (χ0) is 12.8. The highest BCUT2D eigenvalue weighted by molar-refractivity contribution is 9.10. The molecule has 1 fully saturated rings. The average molecular weight is 317 g/mol. The normalized spacial score (nSPS) is 19.4. The maximum Gasteiger partial charge on any atom is 0.251 e. The number of halogens is 3. The summed E-state index contributed by atoms with van der Waals surface area (Å²) in [7, 11) is 0. The van der Waals surface area contributed by atoms with Gasteiger partial charge in [0.25, 0.3) is 5.92 Å². The van der Waals surface area contributed by atoms with E-state index in [9.17, 15) is 8.78 Å². The van der Waals surface area contributed by atoms with Crippen molar-refractivity contribution in [2.75, 3.05) is 18.0 Å². The fourth-order valence-electron chi connectivity index (χ4n) is 2.19. The molecular formula is C12H11BrF2N2O. The third kappa shape index (κ3) is 2.09. The van der Waals surface area contributed by atoms with E-state index in [0.717, 1.165) is 5.39 Å². The molecule has 0 atom stereocenters. The van der Waals surface area contributed by atoms with Crippen LogP contribution in [-0.2, 0) is 0 Å². The lowest BCUT2D eigenvalue weighted by molar-refractivity contribution is -0.0221. The zero-order valence-electron chi connectivity index (χ0n) is 9.50. The highest BCUT2D eigenvalue weighted by atomic mass is 79.9. The molecule has 96 valence electrons. The molecule has 0 saturated carbocycles. The summed E-state index contributed by atoms with van der Waals surface area (Å²) in [5, 5.41) is 0.921. The Morgan fingerprint density at radius 1 is 1.33 bits per heavy atom. The first-order valence-electron chi connectivity index (χ1n) is 5.72. The van der Waals surface area contributed by atoms with Gasteiger partial charge in [0.1, 0.15) is 4.60 Å². The summed E-state index contributed by atoms with van der Waals surface area (Å²) in [6.45, 7) is 0.596. The van der Waals surface area contributed by atoms with Crippen molar-refractivity contribution in [2.45, 2.75) is 18.8 Å². The van der Waals surface area contributed by atoms with Gasteiger partial charge < -0.3 is 9.32 Å². The van der Waals surface area contributed by atoms with E-state index in [1.54, 1.807) is 6.26 Å². The van der Waals surface area contributed by atoms with E-state index in [-0.39, 0.29) is 12.8 Å². The van der Waals surface area contributed by atoms with E-state index in [2.05, 4.69) is 20.9 Å². The molecule has 0 N–H and O–H groups in total. The highest BCUT2D eigenvalue weighted by Gasteiger charge is 2.35. The molecule has 3 heterocycles. The van der Waals surface area contributed by atoms with Crippen molar-refractivity contribution in [1.29, 1.82) is 0 Å². The summed E-state index contributed by atoms with van der Waals surface area (Å²) >= 11 is 3.33. The Morgan fingerprint density at radius 2 is 2.06 bits per heavy atom. The Kier molecular flexibility index (Phi) is 2.77. The molecule has 0 amide bonds. The number of pyridine rings is 1. The fraction of sp³-hybridized carbons (Fsp3) is 0.417. The standard InChI is InChI=1S/C12H11BrF2N2O/c13-9-7-8-1-6-18-10(8)11(16-9)17-4-2-12(14,15)3-5-17/h1,6-7H,2-5H2. The van der Waals surface area contributed by atoms with Gasteiger partial charge in [-0.2, -0.15) is 0 Å². The van der Waals surface area contributed by atoms with Crippen molar-refractivity contribution < 1.29 is 13.2 Å². The van der Waals surface area contributed by atoms with Gasteiger partial charge in [0.05, 0.1) is 6.26 Å². The third-order valence-electron chi connectivity index (χ3n) is 3.18. The van der Waals surface area contributed by atoms with E-state index in [4.69, 9.17) is 4.42 Å². The minimum absolute atomic E-state index is 0.136. The van der Waals surface area contributed by atoms with Gasteiger partial charge in [-0.1, -0.05) is 0 Å². The number of hydrogen-bond donors (Lipinski definition) is 0. The van der Waals surface area contributed by atoms with Crippen LogP contribution in [0.1, 0.15) is 12.8 Å². The van der Waals surface area contributed by atoms with Crippen molar-refractivity contribution in [3.8, 4) is 0 Å². The number of anilines is 1. The zero-order valence-corrected chi connectivity index (χ0v) is 11.1. The maximum atomic E-state index is 13.1. The average Bonchev–Trinajstić information content (AvgIpc) is 2.76. The topological polar surface area (TPSA) is 29.3 Å². The summed E-state index contributed by atoms with van der Waals surface area (Å²) in [5.74, 6) is -1.91. The number of furan rings is 1. The molecule has 3 nitrogen and oxygen atoms in total. The van der Waals surface area contributed by atoms with Gasteiger partial charge in [-0.05, 0) is 28.1 Å². The van der Waals surface area contributed by atoms with Gasteiger partial charge >= 0.3 is 0 Å². The quantitative estimate of drug-likeness (QED) is 0.749. The smallest absolute Gasteiger partial charge is 0.251 e. The second-order valence-corrected chi connectivity index (χ2v) is 5.26. The number of hydrogen-bond acceptors (Lipinski definition) is 3. The molecule has 1 aliphatic rings. The first kappa shape index (κ1) is 11.9. The number of piperidine rings is 1. The van der Waals surface area contributed by atoms with Gasteiger partial charge in [0.2, 0.25) is 0 Å². The molecule has 0 aliphatic carbocycles. The van der Waals surface area contributed by atoms with Crippen LogP contribution in [0.5, 0.6) is 0 Å². The van der Waals surface area contributed by atoms with E-state index in [1.807, 2.05) is 17.0 Å². The van der Waals surface area contributed by atoms with E-state index in [1.165, 1.54) is 0 Å². The van der Waals surface area contributed by atoms with Crippen LogP contribution < -0.4 is 4.90 Å². The predicted molar refractivity (Wildman–Crippen MR) is 68.1 cm³/mol. The van der Waals surface area contributed by atoms with Crippen molar-refractivity contribution in [1.82, 2.24) is 4.98 Å². The minimum atomic E-state index is -2.55. The summed E-state index contributed by atoms with van der Waals surface area (Å²) in [6, 6.07) is 3.69. The van der Waals surface area contributed by atoms with Crippen molar-refractivity contribution in [3.63, 3.8) is 0 Å². The minimum Gasteiger partial charge on any atom is -0.460 e. The molecule has 2 aromatic rings. The van der Waals surface area contributed by atoms with Crippen LogP contribution >= 0.6 is 15.9 Å². The SMILES string of the molecule is FC1(F)CCN(c2nc(Br)cc3ccoc23)CC1. The maximum absolute atomic E-state index is 13.1. The van der Waals surface area contributed by atoms with Crippen LogP contribution in [0.2, 0.25) is 0 Å². The molecule has 0 spiro atoms. The molecule has 6 heteroatoms. The van der Waals surface area contributed by atoms with Crippen molar-refractivity contribution in [2.24, 2.45) is 0 Å². The van der Waals surface area contributed by atoms with Crippen molar-refractivity contribution >= 4 is 32.7 Å². The van der Waals surface area contributed by atoms with Gasteiger partial charge in [-0.25, -0.2) is 13.8 Å². The first-order valence-corrected chi connectivity index (χ1v) is 6.51. The molecule has 3 rings (SSSR count). The number of alkyl halides is 2. The van der Waals surface area contributed by atoms with Crippen molar-refractivity contribution in [3.05, 3.63) is 23.0 Å². The Bertz CT molecular complexity index is 574. The lowest BCUT2D eigenvalue weighted by Gasteiger charge is -2.32. The summed E-state index contributed by atoms with van der Waals surface area (Å²) < 4.78 is 32.4. The second kappa shape index (κ2) is 4.19. The van der Waals surface area contributed by atoms with Crippen LogP contribution in [0, 0.1) is 0 Å². The predicted octanol–water partition coefficient (Wildman–Crippen LogP) is 3.83. The molecule has 1 saturated heterocycles. The van der Waals surface area contributed by atoms with E-state index < -0.39 is 5.92 Å².